The summed E-state index contributed by atoms with van der Waals surface area (Å²) < 4.78 is 38.2. The lowest BCUT2D eigenvalue weighted by Crippen LogP contribution is -2.45. The van der Waals surface area contributed by atoms with Crippen molar-refractivity contribution < 1.29 is 23.1 Å². The summed E-state index contributed by atoms with van der Waals surface area (Å²) in [6.07, 6.45) is -5.64. The number of aliphatic hydroxyl groups is 1. The van der Waals surface area contributed by atoms with Crippen LogP contribution in [0.1, 0.15) is 23.1 Å². The molecule has 1 aliphatic heterocycles. The highest BCUT2D eigenvalue weighted by molar-refractivity contribution is 6.01. The predicted octanol–water partition coefficient (Wildman–Crippen LogP) is 4.12. The van der Waals surface area contributed by atoms with Crippen LogP contribution in [0.3, 0.4) is 0 Å². The van der Waals surface area contributed by atoms with Crippen LogP contribution in [0.5, 0.6) is 0 Å². The molecule has 3 rings (SSSR count). The second-order valence-electron chi connectivity index (χ2n) is 5.51. The summed E-state index contributed by atoms with van der Waals surface area (Å²) in [5.74, 6) is -3.26. The molecular formula is C18H14F3NO2. The first-order valence-electron chi connectivity index (χ1n) is 7.19. The second-order valence-corrected chi connectivity index (χ2v) is 5.51. The van der Waals surface area contributed by atoms with Gasteiger partial charge in [0.15, 0.2) is 0 Å². The van der Waals surface area contributed by atoms with Crippen molar-refractivity contribution >= 4 is 11.3 Å². The Labute approximate surface area is 136 Å². The molecule has 6 heteroatoms. The molecule has 0 saturated heterocycles. The highest BCUT2D eigenvalue weighted by atomic mass is 19.4. The van der Waals surface area contributed by atoms with E-state index in [1.807, 2.05) is 30.3 Å². The van der Waals surface area contributed by atoms with E-state index in [9.17, 15) is 18.3 Å². The van der Waals surface area contributed by atoms with Crippen LogP contribution in [0.4, 0.5) is 13.2 Å². The summed E-state index contributed by atoms with van der Waals surface area (Å²) in [5.41, 5.74) is 3.11. The van der Waals surface area contributed by atoms with Crippen molar-refractivity contribution in [3.63, 3.8) is 0 Å². The molecule has 0 aliphatic carbocycles. The minimum absolute atomic E-state index is 0.0479. The van der Waals surface area contributed by atoms with Gasteiger partial charge in [-0.1, -0.05) is 66.3 Å². The predicted molar refractivity (Wildman–Crippen MR) is 84.3 cm³/mol. The number of oxime groups is 1. The second kappa shape index (κ2) is 5.79. The normalized spacial score (nSPS) is 20.4. The molecule has 0 aromatic heterocycles. The minimum Gasteiger partial charge on any atom is -0.350 e. The number of nitrogens with zero attached hydrogens (tertiary/aromatic N) is 1. The fourth-order valence-corrected chi connectivity index (χ4v) is 2.40. The van der Waals surface area contributed by atoms with Crippen molar-refractivity contribution in [1.82, 2.24) is 0 Å². The summed E-state index contributed by atoms with van der Waals surface area (Å²) in [6.45, 7) is 4.03. The highest BCUT2D eigenvalue weighted by Crippen LogP contribution is 2.39. The molecule has 0 bridgehead atoms. The van der Waals surface area contributed by atoms with Crippen molar-refractivity contribution in [2.24, 2.45) is 5.16 Å². The SMILES string of the molecule is C=C(c1ccccc1)c1ccc(C2=NOC(O)(C(F)(F)F)C2)cc1. The zero-order valence-electron chi connectivity index (χ0n) is 12.5. The first-order valence-corrected chi connectivity index (χ1v) is 7.19. The summed E-state index contributed by atoms with van der Waals surface area (Å²) in [4.78, 5) is 4.22. The molecule has 0 amide bonds. The highest BCUT2D eigenvalue weighted by Gasteiger charge is 2.60. The Morgan fingerprint density at radius 2 is 1.62 bits per heavy atom. The number of halogens is 3. The smallest absolute Gasteiger partial charge is 0.350 e. The fraction of sp³-hybridized carbons (Fsp3) is 0.167. The number of hydrogen-bond acceptors (Lipinski definition) is 3. The van der Waals surface area contributed by atoms with E-state index in [0.29, 0.717) is 5.56 Å². The van der Waals surface area contributed by atoms with Crippen molar-refractivity contribution in [3.05, 3.63) is 77.9 Å². The molecule has 1 heterocycles. The van der Waals surface area contributed by atoms with E-state index in [4.69, 9.17) is 0 Å². The van der Waals surface area contributed by atoms with Crippen molar-refractivity contribution in [2.75, 3.05) is 0 Å². The summed E-state index contributed by atoms with van der Waals surface area (Å²) in [6, 6.07) is 16.3. The zero-order valence-corrected chi connectivity index (χ0v) is 12.5. The third-order valence-corrected chi connectivity index (χ3v) is 3.85. The molecule has 2 aromatic rings. The molecule has 1 unspecified atom stereocenters. The van der Waals surface area contributed by atoms with Gasteiger partial charge in [-0.15, -0.1) is 0 Å². The van der Waals surface area contributed by atoms with E-state index in [-0.39, 0.29) is 5.71 Å². The van der Waals surface area contributed by atoms with Gasteiger partial charge in [-0.25, -0.2) is 0 Å². The monoisotopic (exact) mass is 333 g/mol. The van der Waals surface area contributed by atoms with E-state index in [0.717, 1.165) is 16.7 Å². The van der Waals surface area contributed by atoms with Crippen LogP contribution in [0, 0.1) is 0 Å². The van der Waals surface area contributed by atoms with Gasteiger partial charge in [-0.3, -0.25) is 0 Å². The Bertz CT molecular complexity index is 782. The molecule has 1 N–H and O–H groups in total. The maximum Gasteiger partial charge on any atom is 0.458 e. The third-order valence-electron chi connectivity index (χ3n) is 3.85. The molecular weight excluding hydrogens is 319 g/mol. The number of alkyl halides is 3. The first-order chi connectivity index (χ1) is 11.3. The molecule has 0 spiro atoms. The lowest BCUT2D eigenvalue weighted by molar-refractivity contribution is -0.355. The van der Waals surface area contributed by atoms with Gasteiger partial charge >= 0.3 is 12.0 Å². The van der Waals surface area contributed by atoms with Gasteiger partial charge in [-0.2, -0.15) is 13.2 Å². The van der Waals surface area contributed by atoms with Gasteiger partial charge in [0, 0.05) is 0 Å². The molecule has 24 heavy (non-hydrogen) atoms. The standard InChI is InChI=1S/C18H14F3NO2/c1-12(13-5-3-2-4-6-13)14-7-9-15(10-8-14)16-11-17(23,24-22-16)18(19,20)21/h2-10,23H,1,11H2. The van der Waals surface area contributed by atoms with Gasteiger partial charge < -0.3 is 9.94 Å². The molecule has 1 aliphatic rings. The molecule has 1 atom stereocenters. The Balaban J connectivity index is 1.78. The Kier molecular flexibility index (Phi) is 3.93. The largest absolute Gasteiger partial charge is 0.458 e. The maximum absolute atomic E-state index is 12.7. The van der Waals surface area contributed by atoms with Gasteiger partial charge in [-0.05, 0) is 22.3 Å². The van der Waals surface area contributed by atoms with Crippen LogP contribution in [0.25, 0.3) is 5.57 Å². The molecule has 3 nitrogen and oxygen atoms in total. The van der Waals surface area contributed by atoms with E-state index in [1.165, 1.54) is 0 Å². The van der Waals surface area contributed by atoms with Gasteiger partial charge in [0.05, 0.1) is 12.1 Å². The van der Waals surface area contributed by atoms with Gasteiger partial charge in [0.25, 0.3) is 0 Å². The summed E-state index contributed by atoms with van der Waals surface area (Å²) in [7, 11) is 0. The van der Waals surface area contributed by atoms with E-state index < -0.39 is 18.4 Å². The third kappa shape index (κ3) is 2.92. The van der Waals surface area contributed by atoms with Crippen LogP contribution in [-0.4, -0.2) is 22.8 Å². The molecule has 0 fully saturated rings. The van der Waals surface area contributed by atoms with Gasteiger partial charge in [0.1, 0.15) is 0 Å². The Morgan fingerprint density at radius 1 is 1.04 bits per heavy atom. The van der Waals surface area contributed by atoms with Crippen LogP contribution in [-0.2, 0) is 4.84 Å². The van der Waals surface area contributed by atoms with E-state index in [2.05, 4.69) is 16.6 Å². The topological polar surface area (TPSA) is 41.8 Å². The number of benzene rings is 2. The maximum atomic E-state index is 12.7. The van der Waals surface area contributed by atoms with Crippen LogP contribution in [0.2, 0.25) is 0 Å². The Morgan fingerprint density at radius 3 is 2.17 bits per heavy atom. The summed E-state index contributed by atoms with van der Waals surface area (Å²) in [5, 5.41) is 12.9. The van der Waals surface area contributed by atoms with Gasteiger partial charge in [0.2, 0.25) is 0 Å². The van der Waals surface area contributed by atoms with Crippen molar-refractivity contribution in [1.29, 1.82) is 0 Å². The van der Waals surface area contributed by atoms with Crippen molar-refractivity contribution in [3.8, 4) is 0 Å². The number of hydrogen-bond donors (Lipinski definition) is 1. The molecule has 0 radical (unpaired) electrons. The average Bonchev–Trinajstić information content (AvgIpc) is 2.99. The molecule has 0 saturated carbocycles. The van der Waals surface area contributed by atoms with Crippen LogP contribution in [0.15, 0.2) is 66.3 Å². The lowest BCUT2D eigenvalue weighted by Gasteiger charge is -2.22. The van der Waals surface area contributed by atoms with E-state index in [1.54, 1.807) is 24.3 Å². The van der Waals surface area contributed by atoms with E-state index >= 15 is 0 Å². The zero-order chi connectivity index (χ0) is 17.4. The summed E-state index contributed by atoms with van der Waals surface area (Å²) >= 11 is 0. The lowest BCUT2D eigenvalue weighted by atomic mass is 9.96. The molecule has 2 aromatic carbocycles. The van der Waals surface area contributed by atoms with Crippen LogP contribution < -0.4 is 0 Å². The van der Waals surface area contributed by atoms with Crippen molar-refractivity contribution in [2.45, 2.75) is 18.4 Å². The molecule has 124 valence electrons. The first kappa shape index (κ1) is 16.3. The fourth-order valence-electron chi connectivity index (χ4n) is 2.40. The number of rotatable bonds is 3. The Hall–Kier alpha value is -2.60. The van der Waals surface area contributed by atoms with Crippen LogP contribution >= 0.6 is 0 Å². The quantitative estimate of drug-likeness (QED) is 0.918. The minimum atomic E-state index is -4.90. The average molecular weight is 333 g/mol.